The maximum Gasteiger partial charge on any atom is 0.127 e. The number of hydrogen-bond acceptors (Lipinski definition) is 3. The Bertz CT molecular complexity index is 335. The average Bonchev–Trinajstić information content (AvgIpc) is 2.18. The molecule has 0 aromatic heterocycles. The van der Waals surface area contributed by atoms with Crippen LogP contribution in [-0.4, -0.2) is 7.11 Å². The van der Waals surface area contributed by atoms with Crippen molar-refractivity contribution in [3.63, 3.8) is 0 Å². The molecular formula is C12H19NO2. The van der Waals surface area contributed by atoms with E-state index in [2.05, 4.69) is 26.0 Å². The second-order valence-electron chi connectivity index (χ2n) is 3.95. The van der Waals surface area contributed by atoms with Crippen molar-refractivity contribution in [1.29, 1.82) is 0 Å². The number of nitrogens with two attached hydrogens (primary N) is 1. The van der Waals surface area contributed by atoms with Crippen LogP contribution < -0.4 is 10.6 Å². The lowest BCUT2D eigenvalue weighted by atomic mass is 9.95. The molecule has 0 aliphatic carbocycles. The molecular weight excluding hydrogens is 190 g/mol. The Hall–Kier alpha value is -1.06. The van der Waals surface area contributed by atoms with Gasteiger partial charge in [0, 0.05) is 5.56 Å². The van der Waals surface area contributed by atoms with Crippen LogP contribution in [0, 0.1) is 6.92 Å². The fraction of sp³-hybridized carbons (Fsp3) is 0.500. The Balaban J connectivity index is 3.28. The third-order valence-electron chi connectivity index (χ3n) is 2.55. The van der Waals surface area contributed by atoms with Gasteiger partial charge in [0.1, 0.15) is 5.75 Å². The first-order valence-corrected chi connectivity index (χ1v) is 5.09. The highest BCUT2D eigenvalue weighted by Crippen LogP contribution is 2.31. The molecule has 1 aromatic rings. The smallest absolute Gasteiger partial charge is 0.127 e. The summed E-state index contributed by atoms with van der Waals surface area (Å²) in [5, 5.41) is 0. The van der Waals surface area contributed by atoms with Crippen molar-refractivity contribution in [3.8, 4) is 5.75 Å². The first kappa shape index (κ1) is 12.0. The quantitative estimate of drug-likeness (QED) is 0.775. The third kappa shape index (κ3) is 2.49. The molecule has 0 radical (unpaired) electrons. The summed E-state index contributed by atoms with van der Waals surface area (Å²) in [4.78, 5) is 4.74. The van der Waals surface area contributed by atoms with Gasteiger partial charge in [-0.1, -0.05) is 26.0 Å². The molecule has 0 unspecified atom stereocenters. The van der Waals surface area contributed by atoms with Crippen LogP contribution in [0.4, 0.5) is 0 Å². The van der Waals surface area contributed by atoms with Crippen molar-refractivity contribution in [3.05, 3.63) is 28.8 Å². The van der Waals surface area contributed by atoms with E-state index in [0.29, 0.717) is 12.5 Å². The molecule has 0 atom stereocenters. The summed E-state index contributed by atoms with van der Waals surface area (Å²) in [6, 6.07) is 4.17. The molecule has 15 heavy (non-hydrogen) atoms. The summed E-state index contributed by atoms with van der Waals surface area (Å²) < 4.78 is 5.38. The molecule has 0 spiro atoms. The monoisotopic (exact) mass is 209 g/mol. The maximum atomic E-state index is 5.38. The van der Waals surface area contributed by atoms with Gasteiger partial charge in [-0.05, 0) is 24.0 Å². The molecule has 2 N–H and O–H groups in total. The lowest BCUT2D eigenvalue weighted by Gasteiger charge is -2.17. The van der Waals surface area contributed by atoms with Crippen LogP contribution in [0.3, 0.4) is 0 Å². The Labute approximate surface area is 91.1 Å². The summed E-state index contributed by atoms with van der Waals surface area (Å²) in [7, 11) is 1.67. The number of benzene rings is 1. The van der Waals surface area contributed by atoms with Crippen molar-refractivity contribution in [1.82, 2.24) is 0 Å². The van der Waals surface area contributed by atoms with Crippen molar-refractivity contribution in [2.45, 2.75) is 33.3 Å². The topological polar surface area (TPSA) is 44.5 Å². The van der Waals surface area contributed by atoms with Crippen LogP contribution in [0.5, 0.6) is 5.75 Å². The van der Waals surface area contributed by atoms with Gasteiger partial charge in [-0.25, -0.2) is 5.90 Å². The second-order valence-corrected chi connectivity index (χ2v) is 3.95. The van der Waals surface area contributed by atoms with Gasteiger partial charge in [0.2, 0.25) is 0 Å². The zero-order valence-corrected chi connectivity index (χ0v) is 9.83. The zero-order valence-electron chi connectivity index (χ0n) is 9.83. The summed E-state index contributed by atoms with van der Waals surface area (Å²) >= 11 is 0. The average molecular weight is 209 g/mol. The van der Waals surface area contributed by atoms with E-state index in [1.807, 2.05) is 6.92 Å². The van der Waals surface area contributed by atoms with E-state index >= 15 is 0 Å². The minimum Gasteiger partial charge on any atom is -0.496 e. The summed E-state index contributed by atoms with van der Waals surface area (Å²) in [6.45, 7) is 6.69. The van der Waals surface area contributed by atoms with E-state index in [0.717, 1.165) is 16.9 Å². The maximum absolute atomic E-state index is 5.38. The molecule has 1 rings (SSSR count). The summed E-state index contributed by atoms with van der Waals surface area (Å²) in [5.41, 5.74) is 3.38. The second kappa shape index (κ2) is 5.14. The fourth-order valence-corrected chi connectivity index (χ4v) is 1.82. The van der Waals surface area contributed by atoms with Crippen LogP contribution in [0.15, 0.2) is 12.1 Å². The Morgan fingerprint density at radius 1 is 1.33 bits per heavy atom. The van der Waals surface area contributed by atoms with Gasteiger partial charge >= 0.3 is 0 Å². The Kier molecular flexibility index (Phi) is 4.12. The molecule has 0 saturated heterocycles. The number of methoxy groups -OCH3 is 1. The van der Waals surface area contributed by atoms with E-state index in [4.69, 9.17) is 15.5 Å². The zero-order chi connectivity index (χ0) is 11.4. The van der Waals surface area contributed by atoms with Gasteiger partial charge in [-0.2, -0.15) is 0 Å². The highest BCUT2D eigenvalue weighted by Gasteiger charge is 2.14. The normalized spacial score (nSPS) is 10.8. The molecule has 0 fully saturated rings. The van der Waals surface area contributed by atoms with Gasteiger partial charge in [-0.15, -0.1) is 0 Å². The highest BCUT2D eigenvalue weighted by atomic mass is 16.6. The Morgan fingerprint density at radius 3 is 2.47 bits per heavy atom. The predicted octanol–water partition coefficient (Wildman–Crippen LogP) is 2.52. The van der Waals surface area contributed by atoms with E-state index in [1.165, 1.54) is 5.56 Å². The van der Waals surface area contributed by atoms with Crippen LogP contribution in [0.25, 0.3) is 0 Å². The number of aryl methyl sites for hydroxylation is 1. The molecule has 0 heterocycles. The largest absolute Gasteiger partial charge is 0.496 e. The van der Waals surface area contributed by atoms with Crippen LogP contribution in [0.1, 0.15) is 36.5 Å². The number of hydrogen-bond donors (Lipinski definition) is 1. The van der Waals surface area contributed by atoms with Crippen LogP contribution >= 0.6 is 0 Å². The third-order valence-corrected chi connectivity index (χ3v) is 2.55. The molecule has 84 valence electrons. The highest BCUT2D eigenvalue weighted by molar-refractivity contribution is 5.46. The summed E-state index contributed by atoms with van der Waals surface area (Å²) in [6.07, 6.45) is 0. The molecule has 1 aromatic carbocycles. The molecule has 0 aliphatic rings. The molecule has 0 amide bonds. The van der Waals surface area contributed by atoms with Crippen molar-refractivity contribution >= 4 is 0 Å². The van der Waals surface area contributed by atoms with Crippen molar-refractivity contribution in [2.75, 3.05) is 7.11 Å². The molecule has 0 aliphatic heterocycles. The van der Waals surface area contributed by atoms with Gasteiger partial charge in [0.25, 0.3) is 0 Å². The molecule has 3 heteroatoms. The molecule has 0 bridgehead atoms. The van der Waals surface area contributed by atoms with Crippen molar-refractivity contribution < 1.29 is 9.57 Å². The SMILES string of the molecule is COc1c(C)ccc(C(C)C)c1CON. The van der Waals surface area contributed by atoms with E-state index in [-0.39, 0.29) is 0 Å². The molecule has 0 saturated carbocycles. The standard InChI is InChI=1S/C12H19NO2/c1-8(2)10-6-5-9(3)12(14-4)11(10)7-15-13/h5-6,8H,7,13H2,1-4H3. The van der Waals surface area contributed by atoms with E-state index in [1.54, 1.807) is 7.11 Å². The lowest BCUT2D eigenvalue weighted by molar-refractivity contribution is 0.121. The number of rotatable bonds is 4. The van der Waals surface area contributed by atoms with E-state index in [9.17, 15) is 0 Å². The number of ether oxygens (including phenoxy) is 1. The predicted molar refractivity (Wildman–Crippen MR) is 60.8 cm³/mol. The van der Waals surface area contributed by atoms with Gasteiger partial charge in [-0.3, -0.25) is 4.84 Å². The van der Waals surface area contributed by atoms with Crippen LogP contribution in [0.2, 0.25) is 0 Å². The minimum atomic E-state index is 0.387. The lowest BCUT2D eigenvalue weighted by Crippen LogP contribution is -2.06. The van der Waals surface area contributed by atoms with Crippen LogP contribution in [-0.2, 0) is 11.4 Å². The minimum absolute atomic E-state index is 0.387. The van der Waals surface area contributed by atoms with Crippen molar-refractivity contribution in [2.24, 2.45) is 5.90 Å². The van der Waals surface area contributed by atoms with E-state index < -0.39 is 0 Å². The van der Waals surface area contributed by atoms with Gasteiger partial charge in [0.15, 0.2) is 0 Å². The summed E-state index contributed by atoms with van der Waals surface area (Å²) in [5.74, 6) is 6.46. The Morgan fingerprint density at radius 2 is 2.00 bits per heavy atom. The first-order chi connectivity index (χ1) is 7.11. The molecule has 3 nitrogen and oxygen atoms in total. The first-order valence-electron chi connectivity index (χ1n) is 5.09. The fourth-order valence-electron chi connectivity index (χ4n) is 1.82. The van der Waals surface area contributed by atoms with Gasteiger partial charge in [0.05, 0.1) is 13.7 Å². The van der Waals surface area contributed by atoms with Gasteiger partial charge < -0.3 is 4.74 Å².